The lowest BCUT2D eigenvalue weighted by molar-refractivity contribution is 0.0989. The predicted molar refractivity (Wildman–Crippen MR) is 106 cm³/mol. The first-order valence-electron chi connectivity index (χ1n) is 9.65. The number of hydrogen-bond donors (Lipinski definition) is 2. The van der Waals surface area contributed by atoms with E-state index in [1.165, 1.54) is 5.56 Å². The van der Waals surface area contributed by atoms with Crippen molar-refractivity contribution in [2.24, 2.45) is 5.92 Å². The summed E-state index contributed by atoms with van der Waals surface area (Å²) in [6, 6.07) is 8.26. The maximum Gasteiger partial charge on any atom is 0.314 e. The number of piperazine rings is 1. The third kappa shape index (κ3) is 6.18. The summed E-state index contributed by atoms with van der Waals surface area (Å²) >= 11 is 0. The molecule has 6 nitrogen and oxygen atoms in total. The Balaban J connectivity index is 2.02. The summed E-state index contributed by atoms with van der Waals surface area (Å²) in [5, 5.41) is 5.98. The highest BCUT2D eigenvalue weighted by molar-refractivity contribution is 5.73. The largest absolute Gasteiger partial charge is 0.497 e. The number of benzene rings is 1. The molecule has 1 unspecified atom stereocenters. The molecule has 26 heavy (non-hydrogen) atoms. The Bertz CT molecular complexity index is 539. The minimum Gasteiger partial charge on any atom is -0.497 e. The van der Waals surface area contributed by atoms with Crippen LogP contribution in [0.5, 0.6) is 5.75 Å². The van der Waals surface area contributed by atoms with E-state index in [4.69, 9.17) is 4.74 Å². The molecule has 0 saturated carbocycles. The SMILES string of the molecule is CCN1CCN(C(CNC(=O)NCC(C)C)c2ccc(OC)cc2)CC1. The Morgan fingerprint density at radius 1 is 1.08 bits per heavy atom. The summed E-state index contributed by atoms with van der Waals surface area (Å²) in [5.74, 6) is 1.30. The summed E-state index contributed by atoms with van der Waals surface area (Å²) in [7, 11) is 1.68. The van der Waals surface area contributed by atoms with Crippen LogP contribution in [0.2, 0.25) is 0 Å². The third-order valence-corrected chi connectivity index (χ3v) is 4.92. The molecule has 0 aliphatic carbocycles. The van der Waals surface area contributed by atoms with Crippen molar-refractivity contribution in [3.05, 3.63) is 29.8 Å². The molecule has 1 saturated heterocycles. The molecule has 6 heteroatoms. The Labute approximate surface area is 157 Å². The van der Waals surface area contributed by atoms with Crippen molar-refractivity contribution >= 4 is 6.03 Å². The molecule has 1 aromatic carbocycles. The van der Waals surface area contributed by atoms with Gasteiger partial charge in [-0.3, -0.25) is 4.90 Å². The van der Waals surface area contributed by atoms with Gasteiger partial charge in [0.15, 0.2) is 0 Å². The number of methoxy groups -OCH3 is 1. The minimum absolute atomic E-state index is 0.0931. The molecule has 1 aliphatic heterocycles. The van der Waals surface area contributed by atoms with Gasteiger partial charge in [0, 0.05) is 39.3 Å². The van der Waals surface area contributed by atoms with Crippen LogP contribution in [0.3, 0.4) is 0 Å². The van der Waals surface area contributed by atoms with E-state index >= 15 is 0 Å². The lowest BCUT2D eigenvalue weighted by Gasteiger charge is -2.39. The lowest BCUT2D eigenvalue weighted by atomic mass is 10.0. The van der Waals surface area contributed by atoms with Gasteiger partial charge in [0.05, 0.1) is 13.2 Å². The average molecular weight is 363 g/mol. The Morgan fingerprint density at radius 3 is 2.23 bits per heavy atom. The number of ether oxygens (including phenoxy) is 1. The van der Waals surface area contributed by atoms with Crippen LogP contribution in [0.4, 0.5) is 4.79 Å². The van der Waals surface area contributed by atoms with E-state index in [-0.39, 0.29) is 12.1 Å². The molecular formula is C20H34N4O2. The van der Waals surface area contributed by atoms with E-state index in [1.54, 1.807) is 7.11 Å². The number of hydrogen-bond acceptors (Lipinski definition) is 4. The summed E-state index contributed by atoms with van der Waals surface area (Å²) in [4.78, 5) is 17.0. The summed E-state index contributed by atoms with van der Waals surface area (Å²) < 4.78 is 5.28. The van der Waals surface area contributed by atoms with Crippen LogP contribution in [-0.4, -0.2) is 68.8 Å². The molecule has 0 radical (unpaired) electrons. The topological polar surface area (TPSA) is 56.8 Å². The van der Waals surface area contributed by atoms with Crippen LogP contribution in [0, 0.1) is 5.92 Å². The monoisotopic (exact) mass is 362 g/mol. The van der Waals surface area contributed by atoms with Crippen LogP contribution in [0.15, 0.2) is 24.3 Å². The number of rotatable bonds is 8. The summed E-state index contributed by atoms with van der Waals surface area (Å²) in [6.07, 6.45) is 0. The molecule has 2 amide bonds. The van der Waals surface area contributed by atoms with Crippen LogP contribution >= 0.6 is 0 Å². The number of amides is 2. The second-order valence-corrected chi connectivity index (χ2v) is 7.24. The van der Waals surface area contributed by atoms with E-state index in [1.807, 2.05) is 12.1 Å². The number of urea groups is 1. The Hall–Kier alpha value is -1.79. The molecule has 2 N–H and O–H groups in total. The second kappa shape index (κ2) is 10.4. The van der Waals surface area contributed by atoms with Crippen molar-refractivity contribution < 1.29 is 9.53 Å². The third-order valence-electron chi connectivity index (χ3n) is 4.92. The molecule has 1 fully saturated rings. The normalized spacial score (nSPS) is 17.1. The first-order valence-corrected chi connectivity index (χ1v) is 9.65. The van der Waals surface area contributed by atoms with Gasteiger partial charge in [0.2, 0.25) is 0 Å². The number of nitrogens with one attached hydrogen (secondary N) is 2. The Kier molecular flexibility index (Phi) is 8.19. The van der Waals surface area contributed by atoms with Crippen LogP contribution in [-0.2, 0) is 0 Å². The average Bonchev–Trinajstić information content (AvgIpc) is 2.67. The number of carbonyl (C=O) groups is 1. The first kappa shape index (κ1) is 20.5. The highest BCUT2D eigenvalue weighted by Crippen LogP contribution is 2.24. The highest BCUT2D eigenvalue weighted by atomic mass is 16.5. The maximum atomic E-state index is 12.1. The first-order chi connectivity index (χ1) is 12.5. The number of carbonyl (C=O) groups excluding carboxylic acids is 1. The maximum absolute atomic E-state index is 12.1. The second-order valence-electron chi connectivity index (χ2n) is 7.24. The fourth-order valence-electron chi connectivity index (χ4n) is 3.22. The van der Waals surface area contributed by atoms with E-state index in [0.717, 1.165) is 38.5 Å². The zero-order chi connectivity index (χ0) is 18.9. The predicted octanol–water partition coefficient (Wildman–Crippen LogP) is 2.33. The van der Waals surface area contributed by atoms with Gasteiger partial charge in [-0.15, -0.1) is 0 Å². The van der Waals surface area contributed by atoms with Gasteiger partial charge in [-0.1, -0.05) is 32.9 Å². The molecule has 1 aliphatic rings. The minimum atomic E-state index is -0.0931. The standard InChI is InChI=1S/C20H34N4O2/c1-5-23-10-12-24(13-11-23)19(15-22-20(25)21-14-16(2)3)17-6-8-18(26-4)9-7-17/h6-9,16,19H,5,10-15H2,1-4H3,(H2,21,22,25). The van der Waals surface area contributed by atoms with Gasteiger partial charge >= 0.3 is 6.03 Å². The van der Waals surface area contributed by atoms with Crippen LogP contribution < -0.4 is 15.4 Å². The van der Waals surface area contributed by atoms with Gasteiger partial charge in [-0.05, 0) is 30.2 Å². The van der Waals surface area contributed by atoms with Gasteiger partial charge in [-0.25, -0.2) is 4.79 Å². The van der Waals surface area contributed by atoms with E-state index in [9.17, 15) is 4.79 Å². The van der Waals surface area contributed by atoms with Crippen LogP contribution in [0.1, 0.15) is 32.4 Å². The van der Waals surface area contributed by atoms with E-state index < -0.39 is 0 Å². The zero-order valence-electron chi connectivity index (χ0n) is 16.6. The Morgan fingerprint density at radius 2 is 1.69 bits per heavy atom. The molecule has 146 valence electrons. The molecule has 1 atom stereocenters. The lowest BCUT2D eigenvalue weighted by Crippen LogP contribution is -2.50. The van der Waals surface area contributed by atoms with Crippen molar-refractivity contribution in [1.82, 2.24) is 20.4 Å². The summed E-state index contributed by atoms with van der Waals surface area (Å²) in [6.45, 7) is 12.9. The van der Waals surface area contributed by atoms with Gasteiger partial charge in [0.25, 0.3) is 0 Å². The van der Waals surface area contributed by atoms with Gasteiger partial charge < -0.3 is 20.3 Å². The molecule has 0 spiro atoms. The number of nitrogens with zero attached hydrogens (tertiary/aromatic N) is 2. The van der Waals surface area contributed by atoms with Crippen molar-refractivity contribution in [2.45, 2.75) is 26.8 Å². The quantitative estimate of drug-likeness (QED) is 0.745. The zero-order valence-corrected chi connectivity index (χ0v) is 16.6. The molecule has 1 heterocycles. The van der Waals surface area contributed by atoms with Crippen molar-refractivity contribution in [2.75, 3.05) is 52.9 Å². The number of likely N-dealkylation sites (N-methyl/N-ethyl adjacent to an activating group) is 1. The van der Waals surface area contributed by atoms with E-state index in [2.05, 4.69) is 53.3 Å². The molecule has 1 aromatic rings. The fourth-order valence-corrected chi connectivity index (χ4v) is 3.22. The van der Waals surface area contributed by atoms with Crippen molar-refractivity contribution in [3.8, 4) is 5.75 Å². The van der Waals surface area contributed by atoms with Crippen LogP contribution in [0.25, 0.3) is 0 Å². The molecule has 2 rings (SSSR count). The molecular weight excluding hydrogens is 328 g/mol. The van der Waals surface area contributed by atoms with Gasteiger partial charge in [0.1, 0.15) is 5.75 Å². The van der Waals surface area contributed by atoms with E-state index in [0.29, 0.717) is 19.0 Å². The van der Waals surface area contributed by atoms with Crippen molar-refractivity contribution in [1.29, 1.82) is 0 Å². The molecule has 0 bridgehead atoms. The summed E-state index contributed by atoms with van der Waals surface area (Å²) in [5.41, 5.74) is 1.21. The fraction of sp³-hybridized carbons (Fsp3) is 0.650. The smallest absolute Gasteiger partial charge is 0.314 e. The van der Waals surface area contributed by atoms with Crippen molar-refractivity contribution in [3.63, 3.8) is 0 Å². The van der Waals surface area contributed by atoms with Gasteiger partial charge in [-0.2, -0.15) is 0 Å². The highest BCUT2D eigenvalue weighted by Gasteiger charge is 2.25. The molecule has 0 aromatic heterocycles.